The Hall–Kier alpha value is -0.900. The van der Waals surface area contributed by atoms with Gasteiger partial charge in [-0.25, -0.2) is 0 Å². The smallest absolute Gasteiger partial charge is 0.228 e. The number of aliphatic imine (C=N–C) groups is 1. The summed E-state index contributed by atoms with van der Waals surface area (Å²) < 4.78 is 11.1. The number of aromatic nitrogens is 2. The molecule has 1 aromatic rings. The summed E-state index contributed by atoms with van der Waals surface area (Å²) in [4.78, 5) is 8.73. The van der Waals surface area contributed by atoms with E-state index in [0.717, 1.165) is 24.8 Å². The molecule has 0 aromatic carbocycles. The number of fused-ring (bicyclic) bond motifs is 1. The highest BCUT2D eigenvalue weighted by Gasteiger charge is 2.59. The van der Waals surface area contributed by atoms with Gasteiger partial charge in [-0.2, -0.15) is 4.98 Å². The van der Waals surface area contributed by atoms with Crippen LogP contribution in [0.5, 0.6) is 0 Å². The Morgan fingerprint density at radius 3 is 2.80 bits per heavy atom. The third kappa shape index (κ3) is 4.10. The zero-order valence-corrected chi connectivity index (χ0v) is 18.0. The van der Waals surface area contributed by atoms with Gasteiger partial charge < -0.3 is 19.9 Å². The molecule has 0 bridgehead atoms. The van der Waals surface area contributed by atoms with Crippen molar-refractivity contribution in [3.05, 3.63) is 11.7 Å². The van der Waals surface area contributed by atoms with Crippen LogP contribution in [0.4, 0.5) is 0 Å². The largest absolute Gasteiger partial charge is 0.377 e. The Morgan fingerprint density at radius 1 is 1.40 bits per heavy atom. The Balaban J connectivity index is 0.00000225. The van der Waals surface area contributed by atoms with E-state index in [4.69, 9.17) is 9.26 Å². The molecule has 0 radical (unpaired) electrons. The molecule has 2 fully saturated rings. The van der Waals surface area contributed by atoms with Crippen LogP contribution in [0, 0.1) is 11.3 Å². The molecular weight excluding hydrogens is 433 g/mol. The van der Waals surface area contributed by atoms with Crippen molar-refractivity contribution in [1.29, 1.82) is 0 Å². The monoisotopic (exact) mass is 463 g/mol. The summed E-state index contributed by atoms with van der Waals surface area (Å²) in [6.07, 6.45) is 2.19. The first-order valence-corrected chi connectivity index (χ1v) is 8.84. The van der Waals surface area contributed by atoms with Gasteiger partial charge in [-0.3, -0.25) is 4.99 Å². The molecule has 3 unspecified atom stereocenters. The molecule has 2 aliphatic rings. The lowest BCUT2D eigenvalue weighted by Gasteiger charge is -2.54. The number of rotatable bonds is 5. The van der Waals surface area contributed by atoms with Gasteiger partial charge in [0.25, 0.3) is 0 Å². The molecule has 142 valence electrons. The molecule has 25 heavy (non-hydrogen) atoms. The van der Waals surface area contributed by atoms with Crippen LogP contribution in [-0.4, -0.2) is 48.4 Å². The van der Waals surface area contributed by atoms with E-state index >= 15 is 0 Å². The van der Waals surface area contributed by atoms with Crippen LogP contribution in [0.2, 0.25) is 0 Å². The van der Waals surface area contributed by atoms with Crippen molar-refractivity contribution in [3.63, 3.8) is 0 Å². The predicted molar refractivity (Wildman–Crippen MR) is 107 cm³/mol. The van der Waals surface area contributed by atoms with Crippen LogP contribution in [0.25, 0.3) is 0 Å². The van der Waals surface area contributed by atoms with Crippen molar-refractivity contribution >= 4 is 29.9 Å². The predicted octanol–water partition coefficient (Wildman–Crippen LogP) is 2.33. The molecule has 1 aromatic heterocycles. The Morgan fingerprint density at radius 2 is 2.16 bits per heavy atom. The van der Waals surface area contributed by atoms with Gasteiger partial charge in [0.1, 0.15) is 0 Å². The zero-order valence-electron chi connectivity index (χ0n) is 15.7. The summed E-state index contributed by atoms with van der Waals surface area (Å²) in [6, 6.07) is 0.396. The summed E-state index contributed by atoms with van der Waals surface area (Å²) >= 11 is 0. The number of nitrogens with zero attached hydrogens (tertiary/aromatic N) is 3. The maximum absolute atomic E-state index is 5.85. The molecule has 2 heterocycles. The average Bonchev–Trinajstić information content (AvgIpc) is 3.18. The van der Waals surface area contributed by atoms with Gasteiger partial charge in [0, 0.05) is 49.9 Å². The molecule has 1 saturated heterocycles. The van der Waals surface area contributed by atoms with Crippen LogP contribution < -0.4 is 10.6 Å². The van der Waals surface area contributed by atoms with Crippen LogP contribution >= 0.6 is 24.0 Å². The lowest BCUT2D eigenvalue weighted by Crippen LogP contribution is -2.68. The van der Waals surface area contributed by atoms with Crippen LogP contribution in [0.3, 0.4) is 0 Å². The highest BCUT2D eigenvalue weighted by atomic mass is 127. The third-order valence-corrected chi connectivity index (χ3v) is 5.25. The van der Waals surface area contributed by atoms with E-state index < -0.39 is 0 Å². The van der Waals surface area contributed by atoms with Crippen molar-refractivity contribution < 1.29 is 9.26 Å². The van der Waals surface area contributed by atoms with E-state index in [0.29, 0.717) is 36.9 Å². The van der Waals surface area contributed by atoms with Crippen LogP contribution in [-0.2, 0) is 11.2 Å². The molecule has 3 rings (SSSR count). The summed E-state index contributed by atoms with van der Waals surface area (Å²) in [6.45, 7) is 10.2. The second kappa shape index (κ2) is 8.20. The zero-order chi connectivity index (χ0) is 17.3. The second-order valence-electron chi connectivity index (χ2n) is 7.64. The van der Waals surface area contributed by atoms with E-state index in [2.05, 4.69) is 53.5 Å². The standard InChI is InChI=1S/C17H29N5O2.HI/c1-10(2)15-20-12(24-22-15)6-8-19-16(18-5)21-13-11-7-9-23-14(11)17(13,3)4;/h10-11,13-14H,6-9H2,1-5H3,(H2,18,19,21);1H. The fraction of sp³-hybridized carbons (Fsp3) is 0.824. The SMILES string of the molecule is CN=C(NCCc1nc(C(C)C)no1)NC1C2CCOC2C1(C)C.I. The summed E-state index contributed by atoms with van der Waals surface area (Å²) in [5, 5.41) is 10.9. The van der Waals surface area contributed by atoms with E-state index in [1.54, 1.807) is 7.05 Å². The van der Waals surface area contributed by atoms with Gasteiger partial charge in [0.2, 0.25) is 5.89 Å². The van der Waals surface area contributed by atoms with E-state index in [9.17, 15) is 0 Å². The molecular formula is C17H30IN5O2. The van der Waals surface area contributed by atoms with Crippen molar-refractivity contribution in [1.82, 2.24) is 20.8 Å². The van der Waals surface area contributed by atoms with E-state index in [-0.39, 0.29) is 35.3 Å². The van der Waals surface area contributed by atoms with Gasteiger partial charge in [0.15, 0.2) is 11.8 Å². The molecule has 7 nitrogen and oxygen atoms in total. The highest BCUT2D eigenvalue weighted by molar-refractivity contribution is 14.0. The van der Waals surface area contributed by atoms with E-state index in [1.165, 1.54) is 0 Å². The summed E-state index contributed by atoms with van der Waals surface area (Å²) in [5.41, 5.74) is 0.136. The minimum Gasteiger partial charge on any atom is -0.377 e. The van der Waals surface area contributed by atoms with Gasteiger partial charge in [-0.15, -0.1) is 24.0 Å². The number of guanidine groups is 1. The van der Waals surface area contributed by atoms with Gasteiger partial charge in [0.05, 0.1) is 6.10 Å². The molecule has 1 saturated carbocycles. The molecule has 8 heteroatoms. The molecule has 1 aliphatic carbocycles. The van der Waals surface area contributed by atoms with Crippen molar-refractivity contribution in [2.24, 2.45) is 16.3 Å². The minimum absolute atomic E-state index is 0. The molecule has 0 spiro atoms. The topological polar surface area (TPSA) is 84.6 Å². The molecule has 0 amide bonds. The van der Waals surface area contributed by atoms with Crippen LogP contribution in [0.15, 0.2) is 9.52 Å². The quantitative estimate of drug-likeness (QED) is 0.396. The van der Waals surface area contributed by atoms with E-state index in [1.807, 2.05) is 0 Å². The first kappa shape index (κ1) is 20.4. The Bertz CT molecular complexity index is 602. The van der Waals surface area contributed by atoms with Crippen LogP contribution in [0.1, 0.15) is 51.7 Å². The van der Waals surface area contributed by atoms with Crippen molar-refractivity contribution in [3.8, 4) is 0 Å². The maximum Gasteiger partial charge on any atom is 0.228 e. The number of nitrogens with one attached hydrogen (secondary N) is 2. The highest BCUT2D eigenvalue weighted by Crippen LogP contribution is 2.52. The molecule has 1 aliphatic heterocycles. The van der Waals surface area contributed by atoms with Gasteiger partial charge >= 0.3 is 0 Å². The maximum atomic E-state index is 5.85. The van der Waals surface area contributed by atoms with Crippen molar-refractivity contribution in [2.45, 2.75) is 58.6 Å². The second-order valence-corrected chi connectivity index (χ2v) is 7.64. The molecule has 2 N–H and O–H groups in total. The lowest BCUT2D eigenvalue weighted by atomic mass is 9.57. The van der Waals surface area contributed by atoms with Gasteiger partial charge in [-0.05, 0) is 6.42 Å². The van der Waals surface area contributed by atoms with Gasteiger partial charge in [-0.1, -0.05) is 32.9 Å². The number of hydrogen-bond acceptors (Lipinski definition) is 5. The first-order chi connectivity index (χ1) is 11.4. The molecule has 3 atom stereocenters. The normalized spacial score (nSPS) is 27.4. The lowest BCUT2D eigenvalue weighted by molar-refractivity contribution is -0.106. The number of ether oxygens (including phenoxy) is 1. The van der Waals surface area contributed by atoms with Crippen molar-refractivity contribution in [2.75, 3.05) is 20.2 Å². The Kier molecular flexibility index (Phi) is 6.69. The summed E-state index contributed by atoms with van der Waals surface area (Å²) in [5.74, 6) is 3.11. The fourth-order valence-corrected chi connectivity index (χ4v) is 3.85. The Labute approximate surface area is 166 Å². The number of hydrogen-bond donors (Lipinski definition) is 2. The fourth-order valence-electron chi connectivity index (χ4n) is 3.85. The first-order valence-electron chi connectivity index (χ1n) is 8.84. The average molecular weight is 463 g/mol. The summed E-state index contributed by atoms with van der Waals surface area (Å²) in [7, 11) is 1.80. The third-order valence-electron chi connectivity index (χ3n) is 5.25. The number of halogens is 1. The minimum atomic E-state index is 0.